The van der Waals surface area contributed by atoms with Crippen molar-refractivity contribution >= 4 is 5.97 Å². The summed E-state index contributed by atoms with van der Waals surface area (Å²) in [4.78, 5) is 11.8. The van der Waals surface area contributed by atoms with Crippen LogP contribution in [0.4, 0.5) is 0 Å². The molecule has 0 fully saturated rings. The second-order valence-corrected chi connectivity index (χ2v) is 3.76. The van der Waals surface area contributed by atoms with E-state index in [4.69, 9.17) is 9.47 Å². The summed E-state index contributed by atoms with van der Waals surface area (Å²) < 4.78 is 10.6. The summed E-state index contributed by atoms with van der Waals surface area (Å²) in [5.41, 5.74) is 0.573. The number of hydrogen-bond donors (Lipinski definition) is 0. The summed E-state index contributed by atoms with van der Waals surface area (Å²) in [5.74, 6) is -0.295. The predicted octanol–water partition coefficient (Wildman–Crippen LogP) is 2.53. The third-order valence-corrected chi connectivity index (χ3v) is 2.55. The van der Waals surface area contributed by atoms with Gasteiger partial charge in [-0.3, -0.25) is 0 Å². The molecular weight excluding hydrogens is 204 g/mol. The van der Waals surface area contributed by atoms with Crippen molar-refractivity contribution < 1.29 is 14.3 Å². The first-order chi connectivity index (χ1) is 7.77. The number of esters is 1. The minimum Gasteiger partial charge on any atom is -0.495 e. The van der Waals surface area contributed by atoms with E-state index in [0.717, 1.165) is 0 Å². The second kappa shape index (κ2) is 4.84. The van der Waals surface area contributed by atoms with E-state index in [1.807, 2.05) is 31.2 Å². The minimum atomic E-state index is -0.295. The van der Waals surface area contributed by atoms with Crippen LogP contribution in [0.1, 0.15) is 23.7 Å². The monoisotopic (exact) mass is 218 g/mol. The predicted molar refractivity (Wildman–Crippen MR) is 59.9 cm³/mol. The van der Waals surface area contributed by atoms with Gasteiger partial charge in [-0.15, -0.1) is 0 Å². The molecule has 3 nitrogen and oxygen atoms in total. The normalized spacial score (nSPS) is 23.6. The van der Waals surface area contributed by atoms with Gasteiger partial charge in [0.25, 0.3) is 0 Å². The van der Waals surface area contributed by atoms with Crippen molar-refractivity contribution in [1.82, 2.24) is 0 Å². The molecule has 84 valence electrons. The maximum atomic E-state index is 11.8. The summed E-state index contributed by atoms with van der Waals surface area (Å²) in [6, 6.07) is 8.99. The van der Waals surface area contributed by atoms with Crippen LogP contribution in [-0.2, 0) is 9.47 Å². The van der Waals surface area contributed by atoms with E-state index in [2.05, 4.69) is 0 Å². The fourth-order valence-corrected chi connectivity index (χ4v) is 1.57. The molecule has 16 heavy (non-hydrogen) atoms. The fourth-order valence-electron chi connectivity index (χ4n) is 1.57. The minimum absolute atomic E-state index is 0.0855. The molecule has 2 rings (SSSR count). The lowest BCUT2D eigenvalue weighted by atomic mass is 10.1. The molecule has 0 amide bonds. The Hall–Kier alpha value is -1.77. The Bertz CT molecular complexity index is 383. The number of ether oxygens (including phenoxy) is 2. The molecule has 0 radical (unpaired) electrons. The van der Waals surface area contributed by atoms with Crippen LogP contribution in [0.2, 0.25) is 0 Å². The molecule has 0 bridgehead atoms. The highest BCUT2D eigenvalue weighted by Crippen LogP contribution is 2.16. The van der Waals surface area contributed by atoms with Crippen molar-refractivity contribution in [3.63, 3.8) is 0 Å². The van der Waals surface area contributed by atoms with Crippen molar-refractivity contribution in [2.75, 3.05) is 0 Å². The van der Waals surface area contributed by atoms with Gasteiger partial charge in [0.1, 0.15) is 12.2 Å². The molecule has 0 saturated carbocycles. The number of carbonyl (C=O) groups excluding carboxylic acids is 1. The van der Waals surface area contributed by atoms with Crippen LogP contribution in [0.25, 0.3) is 0 Å². The van der Waals surface area contributed by atoms with E-state index in [-0.39, 0.29) is 18.2 Å². The highest BCUT2D eigenvalue weighted by atomic mass is 16.6. The number of benzene rings is 1. The van der Waals surface area contributed by atoms with Gasteiger partial charge in [-0.1, -0.05) is 18.2 Å². The molecule has 1 aromatic carbocycles. The van der Waals surface area contributed by atoms with Gasteiger partial charge >= 0.3 is 5.97 Å². The molecule has 1 heterocycles. The van der Waals surface area contributed by atoms with Gasteiger partial charge in [0.2, 0.25) is 0 Å². The molecule has 2 atom stereocenters. The van der Waals surface area contributed by atoms with E-state index >= 15 is 0 Å². The van der Waals surface area contributed by atoms with Crippen LogP contribution in [0, 0.1) is 0 Å². The molecule has 0 aliphatic carbocycles. The standard InChI is InChI=1S/C13H14O3/c1-10-12(8-5-9-15-10)16-13(14)11-6-3-2-4-7-11/h2-7,9-10,12H,8H2,1H3/t10?,12-/m0/s1. The summed E-state index contributed by atoms with van der Waals surface area (Å²) in [5, 5.41) is 0. The van der Waals surface area contributed by atoms with Crippen molar-refractivity contribution in [3.8, 4) is 0 Å². The van der Waals surface area contributed by atoms with Gasteiger partial charge < -0.3 is 9.47 Å². The largest absolute Gasteiger partial charge is 0.495 e. The Morgan fingerprint density at radius 3 is 2.81 bits per heavy atom. The van der Waals surface area contributed by atoms with Gasteiger partial charge in [-0.2, -0.15) is 0 Å². The van der Waals surface area contributed by atoms with Crippen molar-refractivity contribution in [2.24, 2.45) is 0 Å². The lowest BCUT2D eigenvalue weighted by Gasteiger charge is -2.25. The number of rotatable bonds is 2. The highest BCUT2D eigenvalue weighted by molar-refractivity contribution is 5.89. The first kappa shape index (κ1) is 10.7. The zero-order chi connectivity index (χ0) is 11.4. The lowest BCUT2D eigenvalue weighted by molar-refractivity contribution is -0.0230. The van der Waals surface area contributed by atoms with Gasteiger partial charge in [0, 0.05) is 6.42 Å². The summed E-state index contributed by atoms with van der Waals surface area (Å²) >= 11 is 0. The average Bonchev–Trinajstić information content (AvgIpc) is 2.33. The molecule has 1 unspecified atom stereocenters. The van der Waals surface area contributed by atoms with Crippen molar-refractivity contribution in [3.05, 3.63) is 48.2 Å². The Morgan fingerprint density at radius 2 is 2.12 bits per heavy atom. The first-order valence-electron chi connectivity index (χ1n) is 5.34. The molecule has 1 aromatic rings. The fraction of sp³-hybridized carbons (Fsp3) is 0.308. The van der Waals surface area contributed by atoms with Crippen LogP contribution in [0.3, 0.4) is 0 Å². The molecule has 3 heteroatoms. The summed E-state index contributed by atoms with van der Waals surface area (Å²) in [6.07, 6.45) is 3.94. The maximum absolute atomic E-state index is 11.8. The van der Waals surface area contributed by atoms with Crippen LogP contribution < -0.4 is 0 Å². The van der Waals surface area contributed by atoms with E-state index in [1.165, 1.54) is 0 Å². The molecule has 1 aliphatic heterocycles. The Balaban J connectivity index is 2.00. The van der Waals surface area contributed by atoms with E-state index in [1.54, 1.807) is 18.4 Å². The quantitative estimate of drug-likeness (QED) is 0.715. The Kier molecular flexibility index (Phi) is 3.25. The van der Waals surface area contributed by atoms with Crippen molar-refractivity contribution in [1.29, 1.82) is 0 Å². The van der Waals surface area contributed by atoms with Gasteiger partial charge in [-0.05, 0) is 25.1 Å². The Labute approximate surface area is 94.7 Å². The van der Waals surface area contributed by atoms with Gasteiger partial charge in [0.15, 0.2) is 0 Å². The van der Waals surface area contributed by atoms with Gasteiger partial charge in [0.05, 0.1) is 11.8 Å². The van der Waals surface area contributed by atoms with Crippen LogP contribution in [0.15, 0.2) is 42.7 Å². The van der Waals surface area contributed by atoms with Crippen LogP contribution >= 0.6 is 0 Å². The van der Waals surface area contributed by atoms with Crippen LogP contribution in [0.5, 0.6) is 0 Å². The number of hydrogen-bond acceptors (Lipinski definition) is 3. The molecule has 0 saturated heterocycles. The molecule has 0 spiro atoms. The SMILES string of the molecule is CC1OC=CC[C@@H]1OC(=O)c1ccccc1. The lowest BCUT2D eigenvalue weighted by Crippen LogP contribution is -2.31. The first-order valence-corrected chi connectivity index (χ1v) is 5.34. The zero-order valence-corrected chi connectivity index (χ0v) is 9.13. The molecule has 0 aromatic heterocycles. The highest BCUT2D eigenvalue weighted by Gasteiger charge is 2.24. The Morgan fingerprint density at radius 1 is 1.38 bits per heavy atom. The third kappa shape index (κ3) is 2.42. The molecule has 1 aliphatic rings. The van der Waals surface area contributed by atoms with E-state index in [9.17, 15) is 4.79 Å². The molecule has 0 N–H and O–H groups in total. The maximum Gasteiger partial charge on any atom is 0.338 e. The smallest absolute Gasteiger partial charge is 0.338 e. The van der Waals surface area contributed by atoms with E-state index < -0.39 is 0 Å². The van der Waals surface area contributed by atoms with Crippen LogP contribution in [-0.4, -0.2) is 18.2 Å². The number of carbonyl (C=O) groups is 1. The zero-order valence-electron chi connectivity index (χ0n) is 9.13. The van der Waals surface area contributed by atoms with Gasteiger partial charge in [-0.25, -0.2) is 4.79 Å². The second-order valence-electron chi connectivity index (χ2n) is 3.76. The average molecular weight is 218 g/mol. The van der Waals surface area contributed by atoms with E-state index in [0.29, 0.717) is 12.0 Å². The molecular formula is C13H14O3. The topological polar surface area (TPSA) is 35.5 Å². The third-order valence-electron chi connectivity index (χ3n) is 2.55. The summed E-state index contributed by atoms with van der Waals surface area (Å²) in [6.45, 7) is 1.90. The summed E-state index contributed by atoms with van der Waals surface area (Å²) in [7, 11) is 0. The van der Waals surface area contributed by atoms with Crippen molar-refractivity contribution in [2.45, 2.75) is 25.6 Å².